The number of amides is 1. The van der Waals surface area contributed by atoms with Crippen LogP contribution in [0.5, 0.6) is 0 Å². The van der Waals surface area contributed by atoms with Crippen LogP contribution in [-0.2, 0) is 17.7 Å². The SMILES string of the molecule is CCc1nnc(CN[C@H](CNC(=O)OC(C)(C)C)C2CCCC2)o1. The molecule has 0 spiro atoms. The first-order valence-electron chi connectivity index (χ1n) is 8.89. The van der Waals surface area contributed by atoms with Gasteiger partial charge in [0, 0.05) is 19.0 Å². The van der Waals surface area contributed by atoms with E-state index in [2.05, 4.69) is 20.8 Å². The maximum Gasteiger partial charge on any atom is 0.407 e. The monoisotopic (exact) mass is 338 g/mol. The Morgan fingerprint density at radius 2 is 1.96 bits per heavy atom. The third kappa shape index (κ3) is 6.11. The lowest BCUT2D eigenvalue weighted by molar-refractivity contribution is 0.0518. The molecule has 0 bridgehead atoms. The second-order valence-corrected chi connectivity index (χ2v) is 7.36. The molecule has 0 unspecified atom stereocenters. The first kappa shape index (κ1) is 18.7. The van der Waals surface area contributed by atoms with Gasteiger partial charge in [0.15, 0.2) is 0 Å². The molecular weight excluding hydrogens is 308 g/mol. The number of aromatic nitrogens is 2. The maximum absolute atomic E-state index is 11.9. The highest BCUT2D eigenvalue weighted by atomic mass is 16.6. The number of hydrogen-bond acceptors (Lipinski definition) is 6. The van der Waals surface area contributed by atoms with Crippen molar-refractivity contribution in [2.45, 2.75) is 78.0 Å². The third-order valence-electron chi connectivity index (χ3n) is 4.16. The van der Waals surface area contributed by atoms with E-state index < -0.39 is 5.60 Å². The van der Waals surface area contributed by atoms with Crippen molar-refractivity contribution >= 4 is 6.09 Å². The third-order valence-corrected chi connectivity index (χ3v) is 4.16. The van der Waals surface area contributed by atoms with Gasteiger partial charge in [-0.1, -0.05) is 19.8 Å². The quantitative estimate of drug-likeness (QED) is 0.794. The Balaban J connectivity index is 1.86. The standard InChI is InChI=1S/C17H30N4O3/c1-5-14-20-21-15(23-14)11-18-13(12-8-6-7-9-12)10-19-16(22)24-17(2,3)4/h12-13,18H,5-11H2,1-4H3,(H,19,22)/t13-/m1/s1. The van der Waals surface area contributed by atoms with E-state index in [-0.39, 0.29) is 12.1 Å². The Hall–Kier alpha value is -1.63. The number of nitrogens with zero attached hydrogens (tertiary/aromatic N) is 2. The number of ether oxygens (including phenoxy) is 1. The van der Waals surface area contributed by atoms with E-state index in [9.17, 15) is 4.79 Å². The van der Waals surface area contributed by atoms with Crippen LogP contribution in [0.4, 0.5) is 4.79 Å². The largest absolute Gasteiger partial charge is 0.444 e. The van der Waals surface area contributed by atoms with E-state index in [0.717, 1.165) is 6.42 Å². The first-order chi connectivity index (χ1) is 11.4. The fourth-order valence-electron chi connectivity index (χ4n) is 2.99. The predicted octanol–water partition coefficient (Wildman–Crippen LogP) is 2.81. The second-order valence-electron chi connectivity index (χ2n) is 7.36. The molecule has 1 aliphatic carbocycles. The highest BCUT2D eigenvalue weighted by molar-refractivity contribution is 5.67. The summed E-state index contributed by atoms with van der Waals surface area (Å²) in [6.07, 6.45) is 5.21. The number of carbonyl (C=O) groups is 1. The molecule has 7 heteroatoms. The van der Waals surface area contributed by atoms with Crippen LogP contribution in [0.3, 0.4) is 0 Å². The van der Waals surface area contributed by atoms with Crippen LogP contribution in [0, 0.1) is 5.92 Å². The van der Waals surface area contributed by atoms with Gasteiger partial charge in [0.25, 0.3) is 0 Å². The number of hydrogen-bond donors (Lipinski definition) is 2. The summed E-state index contributed by atoms with van der Waals surface area (Å²) in [5, 5.41) is 14.4. The Labute approximate surface area is 143 Å². The van der Waals surface area contributed by atoms with Gasteiger partial charge in [0.2, 0.25) is 11.8 Å². The number of alkyl carbamates (subject to hydrolysis) is 1. The lowest BCUT2D eigenvalue weighted by Crippen LogP contribution is -2.45. The molecule has 1 aromatic rings. The summed E-state index contributed by atoms with van der Waals surface area (Å²) in [6, 6.07) is 0.178. The van der Waals surface area contributed by atoms with E-state index in [1.54, 1.807) is 0 Å². The molecule has 0 radical (unpaired) electrons. The smallest absolute Gasteiger partial charge is 0.407 e. The second kappa shape index (κ2) is 8.46. The molecule has 7 nitrogen and oxygen atoms in total. The topological polar surface area (TPSA) is 89.3 Å². The lowest BCUT2D eigenvalue weighted by atomic mass is 9.98. The van der Waals surface area contributed by atoms with Gasteiger partial charge in [0.05, 0.1) is 6.54 Å². The molecule has 1 saturated carbocycles. The number of nitrogens with one attached hydrogen (secondary N) is 2. The van der Waals surface area contributed by atoms with Gasteiger partial charge in [-0.3, -0.25) is 0 Å². The van der Waals surface area contributed by atoms with Gasteiger partial charge in [-0.2, -0.15) is 0 Å². The van der Waals surface area contributed by atoms with Gasteiger partial charge < -0.3 is 19.8 Å². The molecule has 0 saturated heterocycles. The maximum atomic E-state index is 11.9. The van der Waals surface area contributed by atoms with Crippen LogP contribution in [0.25, 0.3) is 0 Å². The summed E-state index contributed by atoms with van der Waals surface area (Å²) in [5.74, 6) is 1.79. The zero-order valence-corrected chi connectivity index (χ0v) is 15.2. The highest BCUT2D eigenvalue weighted by Gasteiger charge is 2.26. The van der Waals surface area contributed by atoms with Crippen molar-refractivity contribution in [3.8, 4) is 0 Å². The molecule has 2 N–H and O–H groups in total. The van der Waals surface area contributed by atoms with E-state index in [4.69, 9.17) is 9.15 Å². The molecule has 136 valence electrons. The summed E-state index contributed by atoms with van der Waals surface area (Å²) < 4.78 is 10.9. The lowest BCUT2D eigenvalue weighted by Gasteiger charge is -2.26. The minimum absolute atomic E-state index is 0.178. The molecule has 1 atom stereocenters. The number of rotatable bonds is 7. The Bertz CT molecular complexity index is 518. The Kier molecular flexibility index (Phi) is 6.60. The minimum Gasteiger partial charge on any atom is -0.444 e. The van der Waals surface area contributed by atoms with Crippen LogP contribution in [0.15, 0.2) is 4.42 Å². The van der Waals surface area contributed by atoms with Gasteiger partial charge >= 0.3 is 6.09 Å². The van der Waals surface area contributed by atoms with Crippen LogP contribution >= 0.6 is 0 Å². The summed E-state index contributed by atoms with van der Waals surface area (Å²) >= 11 is 0. The van der Waals surface area contributed by atoms with Crippen LogP contribution in [0.2, 0.25) is 0 Å². The van der Waals surface area contributed by atoms with Crippen LogP contribution < -0.4 is 10.6 Å². The molecule has 1 heterocycles. The highest BCUT2D eigenvalue weighted by Crippen LogP contribution is 2.27. The Morgan fingerprint density at radius 3 is 2.54 bits per heavy atom. The van der Waals surface area contributed by atoms with Gasteiger partial charge in [-0.25, -0.2) is 4.79 Å². The van der Waals surface area contributed by atoms with E-state index >= 15 is 0 Å². The molecular formula is C17H30N4O3. The minimum atomic E-state index is -0.485. The molecule has 0 aromatic carbocycles. The molecule has 24 heavy (non-hydrogen) atoms. The number of aryl methyl sites for hydroxylation is 1. The zero-order chi connectivity index (χ0) is 17.6. The van der Waals surface area contributed by atoms with E-state index in [1.807, 2.05) is 27.7 Å². The van der Waals surface area contributed by atoms with Crippen molar-refractivity contribution in [1.82, 2.24) is 20.8 Å². The average molecular weight is 338 g/mol. The predicted molar refractivity (Wildman–Crippen MR) is 90.5 cm³/mol. The van der Waals surface area contributed by atoms with E-state index in [0.29, 0.717) is 30.8 Å². The van der Waals surface area contributed by atoms with Crippen molar-refractivity contribution in [3.63, 3.8) is 0 Å². The normalized spacial score (nSPS) is 17.0. The summed E-state index contributed by atoms with van der Waals surface area (Å²) in [5.41, 5.74) is -0.485. The summed E-state index contributed by atoms with van der Waals surface area (Å²) in [7, 11) is 0. The van der Waals surface area contributed by atoms with Crippen LogP contribution in [0.1, 0.15) is 65.2 Å². The summed E-state index contributed by atoms with van der Waals surface area (Å²) in [6.45, 7) is 8.62. The van der Waals surface area contributed by atoms with Gasteiger partial charge in [0.1, 0.15) is 5.60 Å². The van der Waals surface area contributed by atoms with Crippen molar-refractivity contribution in [3.05, 3.63) is 11.8 Å². The molecule has 1 aliphatic rings. The van der Waals surface area contributed by atoms with Gasteiger partial charge in [-0.15, -0.1) is 10.2 Å². The molecule has 1 amide bonds. The fraction of sp³-hybridized carbons (Fsp3) is 0.824. The zero-order valence-electron chi connectivity index (χ0n) is 15.2. The van der Waals surface area contributed by atoms with E-state index in [1.165, 1.54) is 25.7 Å². The Morgan fingerprint density at radius 1 is 1.29 bits per heavy atom. The number of carbonyl (C=O) groups excluding carboxylic acids is 1. The molecule has 2 rings (SSSR count). The van der Waals surface area contributed by atoms with Crippen molar-refractivity contribution in [2.24, 2.45) is 5.92 Å². The molecule has 0 aliphatic heterocycles. The summed E-state index contributed by atoms with van der Waals surface area (Å²) in [4.78, 5) is 11.9. The molecule has 1 aromatic heterocycles. The molecule has 1 fully saturated rings. The van der Waals surface area contributed by atoms with Crippen LogP contribution in [-0.4, -0.2) is 34.5 Å². The fourth-order valence-corrected chi connectivity index (χ4v) is 2.99. The van der Waals surface area contributed by atoms with Gasteiger partial charge in [-0.05, 0) is 39.5 Å². The van der Waals surface area contributed by atoms with Crippen molar-refractivity contribution in [1.29, 1.82) is 0 Å². The van der Waals surface area contributed by atoms with Crippen molar-refractivity contribution < 1.29 is 13.9 Å². The first-order valence-corrected chi connectivity index (χ1v) is 8.89. The average Bonchev–Trinajstić information content (AvgIpc) is 3.16. The van der Waals surface area contributed by atoms with Crippen molar-refractivity contribution in [2.75, 3.05) is 6.54 Å².